The summed E-state index contributed by atoms with van der Waals surface area (Å²) in [6.45, 7) is 4.23. The van der Waals surface area contributed by atoms with Crippen LogP contribution in [0.15, 0.2) is 24.3 Å². The molecule has 0 spiro atoms. The van der Waals surface area contributed by atoms with Crippen LogP contribution in [0.1, 0.15) is 25.3 Å². The van der Waals surface area contributed by atoms with Crippen molar-refractivity contribution in [1.29, 1.82) is 0 Å². The van der Waals surface area contributed by atoms with Crippen molar-refractivity contribution in [2.45, 2.75) is 26.3 Å². The molecule has 0 aliphatic heterocycles. The summed E-state index contributed by atoms with van der Waals surface area (Å²) >= 11 is 5.80. The molecule has 1 aromatic rings. The van der Waals surface area contributed by atoms with Crippen molar-refractivity contribution in [1.82, 2.24) is 5.32 Å². The minimum Gasteiger partial charge on any atom is -0.396 e. The summed E-state index contributed by atoms with van der Waals surface area (Å²) in [6.07, 6.45) is 2.18. The predicted octanol–water partition coefficient (Wildman–Crippen LogP) is 2.84. The maximum Gasteiger partial charge on any atom is 0.0456 e. The molecule has 1 unspecified atom stereocenters. The van der Waals surface area contributed by atoms with Crippen molar-refractivity contribution in [3.05, 3.63) is 34.9 Å². The molecule has 0 aliphatic rings. The first kappa shape index (κ1) is 13.5. The van der Waals surface area contributed by atoms with E-state index in [1.54, 1.807) is 0 Å². The van der Waals surface area contributed by atoms with Gasteiger partial charge < -0.3 is 10.4 Å². The smallest absolute Gasteiger partial charge is 0.0456 e. The van der Waals surface area contributed by atoms with Crippen LogP contribution in [0.3, 0.4) is 0 Å². The molecule has 1 atom stereocenters. The third-order valence-electron chi connectivity index (χ3n) is 2.60. The quantitative estimate of drug-likeness (QED) is 0.720. The summed E-state index contributed by atoms with van der Waals surface area (Å²) in [5, 5.41) is 13.0. The fraction of sp³-hybridized carbons (Fsp3) is 0.538. The molecule has 0 saturated heterocycles. The largest absolute Gasteiger partial charge is 0.396 e. The zero-order valence-corrected chi connectivity index (χ0v) is 10.5. The predicted molar refractivity (Wildman–Crippen MR) is 68.6 cm³/mol. The number of hydrogen-bond acceptors (Lipinski definition) is 2. The van der Waals surface area contributed by atoms with Crippen molar-refractivity contribution in [3.63, 3.8) is 0 Å². The van der Waals surface area contributed by atoms with Crippen molar-refractivity contribution in [2.75, 3.05) is 13.2 Å². The Morgan fingerprint density at radius 3 is 2.62 bits per heavy atom. The van der Waals surface area contributed by atoms with E-state index in [9.17, 15) is 0 Å². The lowest BCUT2D eigenvalue weighted by Gasteiger charge is -2.08. The molecule has 0 aliphatic carbocycles. The van der Waals surface area contributed by atoms with E-state index in [2.05, 4.69) is 12.2 Å². The molecule has 0 fully saturated rings. The molecule has 0 bridgehead atoms. The third-order valence-corrected chi connectivity index (χ3v) is 2.86. The Labute approximate surface area is 103 Å². The maximum atomic E-state index is 8.86. The van der Waals surface area contributed by atoms with Crippen molar-refractivity contribution in [3.8, 4) is 0 Å². The van der Waals surface area contributed by atoms with Gasteiger partial charge in [-0.3, -0.25) is 0 Å². The number of aliphatic hydroxyl groups excluding tert-OH is 1. The number of benzene rings is 1. The van der Waals surface area contributed by atoms with Gasteiger partial charge in [0.1, 0.15) is 0 Å². The molecule has 1 aromatic carbocycles. The number of rotatable bonds is 7. The van der Waals surface area contributed by atoms with Crippen LogP contribution in [0.2, 0.25) is 5.02 Å². The van der Waals surface area contributed by atoms with E-state index in [0.29, 0.717) is 5.92 Å². The fourth-order valence-corrected chi connectivity index (χ4v) is 1.63. The summed E-state index contributed by atoms with van der Waals surface area (Å²) in [4.78, 5) is 0. The number of hydrogen-bond donors (Lipinski definition) is 2. The van der Waals surface area contributed by atoms with Gasteiger partial charge in [0.2, 0.25) is 0 Å². The van der Waals surface area contributed by atoms with Crippen LogP contribution in [0, 0.1) is 5.92 Å². The highest BCUT2D eigenvalue weighted by atomic mass is 35.5. The molecule has 0 aromatic heterocycles. The second-order valence-electron chi connectivity index (χ2n) is 4.23. The summed E-state index contributed by atoms with van der Waals surface area (Å²) in [5.74, 6) is 0.414. The van der Waals surface area contributed by atoms with Crippen LogP contribution in [0.5, 0.6) is 0 Å². The Kier molecular flexibility index (Phi) is 6.46. The lowest BCUT2D eigenvalue weighted by molar-refractivity contribution is 0.228. The van der Waals surface area contributed by atoms with Crippen LogP contribution in [0.25, 0.3) is 0 Å². The van der Waals surface area contributed by atoms with E-state index in [1.165, 1.54) is 5.56 Å². The van der Waals surface area contributed by atoms with E-state index < -0.39 is 0 Å². The number of aliphatic hydroxyl groups is 1. The van der Waals surface area contributed by atoms with Crippen LogP contribution in [-0.2, 0) is 6.54 Å². The molecular weight excluding hydrogens is 222 g/mol. The SMILES string of the molecule is CC(CO)CCCNCc1ccc(Cl)cc1. The number of halogens is 1. The lowest BCUT2D eigenvalue weighted by Crippen LogP contribution is -2.15. The van der Waals surface area contributed by atoms with Crippen LogP contribution in [0.4, 0.5) is 0 Å². The Morgan fingerprint density at radius 1 is 1.31 bits per heavy atom. The molecule has 0 heterocycles. The standard InChI is InChI=1S/C13H20ClNO/c1-11(10-16)3-2-8-15-9-12-4-6-13(14)7-5-12/h4-7,11,15-16H,2-3,8-10H2,1H3. The van der Waals surface area contributed by atoms with Gasteiger partial charge in [-0.05, 0) is 43.0 Å². The molecular formula is C13H20ClNO. The topological polar surface area (TPSA) is 32.3 Å². The first-order valence-corrected chi connectivity index (χ1v) is 6.16. The summed E-state index contributed by atoms with van der Waals surface area (Å²) < 4.78 is 0. The van der Waals surface area contributed by atoms with Gasteiger partial charge in [0.25, 0.3) is 0 Å². The summed E-state index contributed by atoms with van der Waals surface area (Å²) in [6, 6.07) is 7.89. The van der Waals surface area contributed by atoms with Gasteiger partial charge in [0.05, 0.1) is 0 Å². The Balaban J connectivity index is 2.09. The highest BCUT2D eigenvalue weighted by Crippen LogP contribution is 2.09. The first-order chi connectivity index (χ1) is 7.72. The van der Waals surface area contributed by atoms with Gasteiger partial charge in [-0.25, -0.2) is 0 Å². The van der Waals surface area contributed by atoms with E-state index in [0.717, 1.165) is 31.0 Å². The average Bonchev–Trinajstić information content (AvgIpc) is 2.31. The fourth-order valence-electron chi connectivity index (χ4n) is 1.50. The van der Waals surface area contributed by atoms with E-state index >= 15 is 0 Å². The highest BCUT2D eigenvalue weighted by molar-refractivity contribution is 6.30. The van der Waals surface area contributed by atoms with Crippen LogP contribution in [-0.4, -0.2) is 18.3 Å². The minimum absolute atomic E-state index is 0.289. The van der Waals surface area contributed by atoms with Crippen molar-refractivity contribution in [2.24, 2.45) is 5.92 Å². The van der Waals surface area contributed by atoms with Gasteiger partial charge >= 0.3 is 0 Å². The average molecular weight is 242 g/mol. The summed E-state index contributed by atoms with van der Waals surface area (Å²) in [7, 11) is 0. The molecule has 90 valence electrons. The van der Waals surface area contributed by atoms with E-state index in [1.807, 2.05) is 24.3 Å². The first-order valence-electron chi connectivity index (χ1n) is 5.78. The second kappa shape index (κ2) is 7.66. The minimum atomic E-state index is 0.289. The maximum absolute atomic E-state index is 8.86. The third kappa shape index (κ3) is 5.50. The Hall–Kier alpha value is -0.570. The Bertz CT molecular complexity index is 286. The van der Waals surface area contributed by atoms with Crippen LogP contribution < -0.4 is 5.32 Å². The van der Waals surface area contributed by atoms with Crippen molar-refractivity contribution >= 4 is 11.6 Å². The van der Waals surface area contributed by atoms with Crippen molar-refractivity contribution < 1.29 is 5.11 Å². The van der Waals surface area contributed by atoms with Gasteiger partial charge in [-0.2, -0.15) is 0 Å². The lowest BCUT2D eigenvalue weighted by atomic mass is 10.1. The Morgan fingerprint density at radius 2 is 2.00 bits per heavy atom. The van der Waals surface area contributed by atoms with Crippen LogP contribution >= 0.6 is 11.6 Å². The van der Waals surface area contributed by atoms with Gasteiger partial charge in [0.15, 0.2) is 0 Å². The number of nitrogens with one attached hydrogen (secondary N) is 1. The second-order valence-corrected chi connectivity index (χ2v) is 4.67. The molecule has 0 saturated carbocycles. The summed E-state index contributed by atoms with van der Waals surface area (Å²) in [5.41, 5.74) is 1.25. The normalized spacial score (nSPS) is 12.7. The zero-order valence-electron chi connectivity index (χ0n) is 9.75. The monoisotopic (exact) mass is 241 g/mol. The zero-order chi connectivity index (χ0) is 11.8. The van der Waals surface area contributed by atoms with E-state index in [-0.39, 0.29) is 6.61 Å². The van der Waals surface area contributed by atoms with Gasteiger partial charge in [-0.15, -0.1) is 0 Å². The van der Waals surface area contributed by atoms with Gasteiger partial charge in [0, 0.05) is 18.2 Å². The molecule has 0 radical (unpaired) electrons. The molecule has 3 heteroatoms. The molecule has 2 nitrogen and oxygen atoms in total. The molecule has 0 amide bonds. The van der Waals surface area contributed by atoms with E-state index in [4.69, 9.17) is 16.7 Å². The highest BCUT2D eigenvalue weighted by Gasteiger charge is 1.98. The van der Waals surface area contributed by atoms with Gasteiger partial charge in [-0.1, -0.05) is 30.7 Å². The molecule has 16 heavy (non-hydrogen) atoms. The molecule has 2 N–H and O–H groups in total. The molecule has 1 rings (SSSR count).